The lowest BCUT2D eigenvalue weighted by atomic mass is 10.0. The highest BCUT2D eigenvalue weighted by Crippen LogP contribution is 2.39. The molecule has 2 aromatic carbocycles. The summed E-state index contributed by atoms with van der Waals surface area (Å²) in [5.41, 5.74) is 4.67. The summed E-state index contributed by atoms with van der Waals surface area (Å²) in [4.78, 5) is 26.8. The van der Waals surface area contributed by atoms with E-state index in [4.69, 9.17) is 9.47 Å². The van der Waals surface area contributed by atoms with Crippen molar-refractivity contribution >= 4 is 17.5 Å². The molecule has 238 valence electrons. The lowest BCUT2D eigenvalue weighted by Gasteiger charge is -2.29. The molecule has 0 fully saturated rings. The number of aromatic nitrogens is 2. The van der Waals surface area contributed by atoms with Crippen LogP contribution in [-0.4, -0.2) is 77.1 Å². The van der Waals surface area contributed by atoms with E-state index in [1.54, 1.807) is 6.07 Å². The van der Waals surface area contributed by atoms with Crippen LogP contribution in [0.5, 0.6) is 11.5 Å². The van der Waals surface area contributed by atoms with Crippen molar-refractivity contribution in [2.75, 3.05) is 44.8 Å². The molecule has 1 aliphatic heterocycles. The molecule has 0 saturated carbocycles. The van der Waals surface area contributed by atoms with Gasteiger partial charge in [0.25, 0.3) is 5.91 Å². The lowest BCUT2D eigenvalue weighted by molar-refractivity contribution is -0.134. The predicted molar refractivity (Wildman–Crippen MR) is 172 cm³/mol. The van der Waals surface area contributed by atoms with Gasteiger partial charge in [0.1, 0.15) is 11.4 Å². The van der Waals surface area contributed by atoms with Gasteiger partial charge in [0.2, 0.25) is 5.91 Å². The zero-order valence-electron chi connectivity index (χ0n) is 26.5. The van der Waals surface area contributed by atoms with Gasteiger partial charge in [-0.15, -0.1) is 0 Å². The number of aromatic hydroxyl groups is 1. The van der Waals surface area contributed by atoms with E-state index in [1.807, 2.05) is 21.8 Å². The number of carbonyl (C=O) groups is 2. The number of benzene rings is 2. The van der Waals surface area contributed by atoms with Gasteiger partial charge in [-0.2, -0.15) is 5.10 Å². The Morgan fingerprint density at radius 2 is 2.00 bits per heavy atom. The van der Waals surface area contributed by atoms with Crippen molar-refractivity contribution in [2.45, 2.75) is 71.9 Å². The van der Waals surface area contributed by atoms with Crippen molar-refractivity contribution in [3.63, 3.8) is 0 Å². The monoisotopic (exact) mass is 605 g/mol. The number of rotatable bonds is 17. The van der Waals surface area contributed by atoms with Crippen molar-refractivity contribution in [3.05, 3.63) is 59.9 Å². The number of phenolic OH excluding ortho intramolecular Hbond substituents is 1. The fourth-order valence-electron chi connectivity index (χ4n) is 5.39. The first-order valence-corrected chi connectivity index (χ1v) is 15.8. The second kappa shape index (κ2) is 16.3. The molecule has 2 amide bonds. The van der Waals surface area contributed by atoms with Crippen LogP contribution in [0.25, 0.3) is 11.1 Å². The highest BCUT2D eigenvalue weighted by Gasteiger charge is 2.23. The maximum Gasteiger partial charge on any atom is 0.262 e. The molecule has 0 spiro atoms. The Balaban J connectivity index is 1.19. The van der Waals surface area contributed by atoms with E-state index in [9.17, 15) is 14.7 Å². The molecule has 44 heavy (non-hydrogen) atoms. The third-order valence-electron chi connectivity index (χ3n) is 7.87. The Morgan fingerprint density at radius 1 is 1.16 bits per heavy atom. The highest BCUT2D eigenvalue weighted by molar-refractivity contribution is 5.97. The number of carbonyl (C=O) groups excluding carboxylic acids is 2. The van der Waals surface area contributed by atoms with Gasteiger partial charge in [-0.1, -0.05) is 43.7 Å². The normalized spacial score (nSPS) is 13.3. The summed E-state index contributed by atoms with van der Waals surface area (Å²) in [6.07, 6.45) is 7.73. The van der Waals surface area contributed by atoms with Gasteiger partial charge >= 0.3 is 0 Å². The topological polar surface area (TPSA) is 118 Å². The van der Waals surface area contributed by atoms with Crippen LogP contribution in [0.3, 0.4) is 0 Å². The molecule has 0 aliphatic carbocycles. The summed E-state index contributed by atoms with van der Waals surface area (Å²) in [5.74, 6) is 0.337. The van der Waals surface area contributed by atoms with E-state index in [1.165, 1.54) is 5.56 Å². The molecule has 2 heterocycles. The maximum absolute atomic E-state index is 13.2. The Labute approximate surface area is 260 Å². The van der Waals surface area contributed by atoms with Crippen molar-refractivity contribution in [3.8, 4) is 22.6 Å². The number of amides is 2. The largest absolute Gasteiger partial charge is 0.506 e. The quantitative estimate of drug-likeness (QED) is 0.147. The van der Waals surface area contributed by atoms with Crippen molar-refractivity contribution in [1.29, 1.82) is 0 Å². The SMILES string of the molecule is CCC[C@@H](C)N(CCNCCc1ccc(O)c2c1OCC(=O)N2)C(=O)CCOCCc1cccc(-c2cnn(C(C)C)c2)c1. The van der Waals surface area contributed by atoms with Crippen LogP contribution in [0.4, 0.5) is 5.69 Å². The molecule has 3 N–H and O–H groups in total. The van der Waals surface area contributed by atoms with Gasteiger partial charge < -0.3 is 30.1 Å². The van der Waals surface area contributed by atoms with Crippen LogP contribution in [0.1, 0.15) is 64.1 Å². The number of anilines is 1. The fraction of sp³-hybridized carbons (Fsp3) is 0.500. The second-order valence-corrected chi connectivity index (χ2v) is 11.6. The van der Waals surface area contributed by atoms with Gasteiger partial charge in [-0.05, 0) is 69.3 Å². The summed E-state index contributed by atoms with van der Waals surface area (Å²) in [6.45, 7) is 11.3. The molecule has 1 atom stereocenters. The highest BCUT2D eigenvalue weighted by atomic mass is 16.5. The summed E-state index contributed by atoms with van der Waals surface area (Å²) >= 11 is 0. The molecule has 10 heteroatoms. The van der Waals surface area contributed by atoms with Gasteiger partial charge in [-0.3, -0.25) is 14.3 Å². The standard InChI is InChI=1S/C34H47N5O5/c1-5-7-25(4)38(17-16-35-15-12-27-10-11-30(40)33-34(27)44-23-31(41)37-33)32(42)14-19-43-18-13-26-8-6-9-28(20-26)29-21-36-39(22-29)24(2)3/h6,8-11,20-22,24-25,35,40H,5,7,12-19,23H2,1-4H3,(H,37,41)/t25-/m1/s1. The minimum absolute atomic E-state index is 0.00653. The Morgan fingerprint density at radius 3 is 2.77 bits per heavy atom. The zero-order chi connectivity index (χ0) is 31.5. The van der Waals surface area contributed by atoms with Gasteiger partial charge in [-0.25, -0.2) is 0 Å². The zero-order valence-corrected chi connectivity index (χ0v) is 26.5. The minimum atomic E-state index is -0.281. The fourth-order valence-corrected chi connectivity index (χ4v) is 5.39. The van der Waals surface area contributed by atoms with Crippen LogP contribution in [0, 0.1) is 0 Å². The Hall–Kier alpha value is -3.89. The molecule has 0 saturated heterocycles. The van der Waals surface area contributed by atoms with Crippen LogP contribution in [0.15, 0.2) is 48.8 Å². The molecular weight excluding hydrogens is 558 g/mol. The number of hydrogen-bond acceptors (Lipinski definition) is 7. The first kappa shape index (κ1) is 33.0. The van der Waals surface area contributed by atoms with E-state index in [-0.39, 0.29) is 30.2 Å². The van der Waals surface area contributed by atoms with Crippen LogP contribution < -0.4 is 15.4 Å². The molecule has 1 aromatic heterocycles. The number of hydrogen-bond donors (Lipinski definition) is 3. The smallest absolute Gasteiger partial charge is 0.262 e. The summed E-state index contributed by atoms with van der Waals surface area (Å²) < 4.78 is 13.4. The Kier molecular flexibility index (Phi) is 12.2. The third kappa shape index (κ3) is 9.06. The summed E-state index contributed by atoms with van der Waals surface area (Å²) in [6, 6.07) is 12.3. The number of nitrogens with one attached hydrogen (secondary N) is 2. The van der Waals surface area contributed by atoms with E-state index < -0.39 is 0 Å². The number of ether oxygens (including phenoxy) is 2. The van der Waals surface area contributed by atoms with E-state index in [0.717, 1.165) is 36.0 Å². The average Bonchev–Trinajstić information content (AvgIpc) is 3.51. The number of phenols is 1. The van der Waals surface area contributed by atoms with Crippen LogP contribution in [0.2, 0.25) is 0 Å². The third-order valence-corrected chi connectivity index (χ3v) is 7.87. The number of nitrogens with zero attached hydrogens (tertiary/aromatic N) is 3. The van der Waals surface area contributed by atoms with Gasteiger partial charge in [0.05, 0.1) is 25.8 Å². The number of fused-ring (bicyclic) bond motifs is 1. The molecule has 0 radical (unpaired) electrons. The molecular formula is C34H47N5O5. The first-order chi connectivity index (χ1) is 21.3. The summed E-state index contributed by atoms with van der Waals surface area (Å²) in [5, 5.41) is 20.6. The average molecular weight is 606 g/mol. The van der Waals surface area contributed by atoms with Gasteiger partial charge in [0.15, 0.2) is 12.4 Å². The molecule has 4 rings (SSSR count). The molecule has 0 unspecified atom stereocenters. The van der Waals surface area contributed by atoms with E-state index in [2.05, 4.69) is 73.9 Å². The Bertz CT molecular complexity index is 1390. The summed E-state index contributed by atoms with van der Waals surface area (Å²) in [7, 11) is 0. The van der Waals surface area contributed by atoms with Crippen molar-refractivity contribution in [2.24, 2.45) is 0 Å². The maximum atomic E-state index is 13.2. The van der Waals surface area contributed by atoms with Crippen molar-refractivity contribution < 1.29 is 24.2 Å². The van der Waals surface area contributed by atoms with Crippen molar-refractivity contribution in [1.82, 2.24) is 20.0 Å². The lowest BCUT2D eigenvalue weighted by Crippen LogP contribution is -2.43. The van der Waals surface area contributed by atoms with E-state index >= 15 is 0 Å². The molecule has 1 aliphatic rings. The van der Waals surface area contributed by atoms with Crippen LogP contribution in [-0.2, 0) is 27.2 Å². The second-order valence-electron chi connectivity index (χ2n) is 11.6. The molecule has 3 aromatic rings. The molecule has 0 bridgehead atoms. The predicted octanol–water partition coefficient (Wildman–Crippen LogP) is 4.97. The minimum Gasteiger partial charge on any atom is -0.506 e. The van der Waals surface area contributed by atoms with Crippen LogP contribution >= 0.6 is 0 Å². The molecule has 10 nitrogen and oxygen atoms in total. The first-order valence-electron chi connectivity index (χ1n) is 15.8. The van der Waals surface area contributed by atoms with Gasteiger partial charge in [0, 0.05) is 36.9 Å². The van der Waals surface area contributed by atoms with E-state index in [0.29, 0.717) is 63.2 Å².